The Balaban J connectivity index is 3.51. The normalized spacial score (nSPS) is 12.6. The molecule has 0 aromatic carbocycles. The summed E-state index contributed by atoms with van der Waals surface area (Å²) < 4.78 is 38.6. The molecule has 0 N–H and O–H groups in total. The lowest BCUT2D eigenvalue weighted by atomic mass is 10.0. The molecule has 0 saturated carbocycles. The second-order valence-electron chi connectivity index (χ2n) is 4.44. The molecule has 0 aliphatic carbocycles. The first-order valence-corrected chi connectivity index (χ1v) is 5.67. The molecule has 0 aliphatic rings. The number of hydrogen-bond acceptors (Lipinski definition) is 2. The molecule has 0 aliphatic heterocycles. The minimum absolute atomic E-state index is 0.0384. The highest BCUT2D eigenvalue weighted by molar-refractivity contribution is 6.30. The van der Waals surface area contributed by atoms with Crippen LogP contribution in [0, 0.1) is 0 Å². The molecule has 0 fully saturated rings. The van der Waals surface area contributed by atoms with Gasteiger partial charge in [0.05, 0.1) is 0 Å². The van der Waals surface area contributed by atoms with Crippen LogP contribution in [0.25, 0.3) is 0 Å². The predicted octanol–water partition coefficient (Wildman–Crippen LogP) is 4.40. The molecule has 6 heteroatoms. The van der Waals surface area contributed by atoms with E-state index in [2.05, 4.69) is 9.97 Å². The van der Waals surface area contributed by atoms with Gasteiger partial charge in [-0.1, -0.05) is 39.3 Å². The van der Waals surface area contributed by atoms with Crippen molar-refractivity contribution >= 4 is 11.6 Å². The van der Waals surface area contributed by atoms with Crippen LogP contribution in [-0.2, 0) is 6.18 Å². The van der Waals surface area contributed by atoms with Crippen LogP contribution in [0.4, 0.5) is 13.2 Å². The molecule has 17 heavy (non-hydrogen) atoms. The number of hydrogen-bond donors (Lipinski definition) is 0. The summed E-state index contributed by atoms with van der Waals surface area (Å²) in [6.07, 6.45) is -4.50. The molecule has 0 amide bonds. The molecular weight excluding hydrogens is 253 g/mol. The van der Waals surface area contributed by atoms with Gasteiger partial charge in [-0.3, -0.25) is 0 Å². The molecule has 0 atom stereocenters. The van der Waals surface area contributed by atoms with Crippen molar-refractivity contribution in [2.45, 2.75) is 45.7 Å². The number of alkyl halides is 3. The average molecular weight is 267 g/mol. The van der Waals surface area contributed by atoms with Crippen molar-refractivity contribution in [3.63, 3.8) is 0 Å². The van der Waals surface area contributed by atoms with Gasteiger partial charge >= 0.3 is 6.18 Å². The van der Waals surface area contributed by atoms with Gasteiger partial charge < -0.3 is 0 Å². The van der Waals surface area contributed by atoms with E-state index in [0.717, 1.165) is 0 Å². The van der Waals surface area contributed by atoms with Crippen LogP contribution >= 0.6 is 11.6 Å². The Bertz CT molecular complexity index is 414. The number of halogens is 4. The van der Waals surface area contributed by atoms with Gasteiger partial charge in [0, 0.05) is 11.5 Å². The fraction of sp³-hybridized carbons (Fsp3) is 0.636. The maximum absolute atomic E-state index is 12.9. The Morgan fingerprint density at radius 3 is 1.88 bits per heavy atom. The van der Waals surface area contributed by atoms with Crippen molar-refractivity contribution in [3.8, 4) is 0 Å². The minimum atomic E-state index is -4.50. The Morgan fingerprint density at radius 1 is 1.00 bits per heavy atom. The van der Waals surface area contributed by atoms with Crippen LogP contribution in [0.1, 0.15) is 56.6 Å². The zero-order valence-corrected chi connectivity index (χ0v) is 10.8. The molecule has 2 nitrogen and oxygen atoms in total. The topological polar surface area (TPSA) is 25.8 Å². The molecule has 1 aromatic heterocycles. The first kappa shape index (κ1) is 14.2. The Morgan fingerprint density at radius 2 is 1.53 bits per heavy atom. The van der Waals surface area contributed by atoms with Gasteiger partial charge in [0.2, 0.25) is 0 Å². The maximum atomic E-state index is 12.9. The average Bonchev–Trinajstić information content (AvgIpc) is 2.14. The van der Waals surface area contributed by atoms with Crippen LogP contribution in [0.15, 0.2) is 0 Å². The van der Waals surface area contributed by atoms with Gasteiger partial charge in [0.15, 0.2) is 5.69 Å². The molecule has 0 spiro atoms. The highest BCUT2D eigenvalue weighted by Gasteiger charge is 2.38. The lowest BCUT2D eigenvalue weighted by molar-refractivity contribution is -0.142. The lowest BCUT2D eigenvalue weighted by Crippen LogP contribution is -2.17. The third kappa shape index (κ3) is 3.09. The third-order valence-corrected chi connectivity index (χ3v) is 2.57. The van der Waals surface area contributed by atoms with E-state index in [-0.39, 0.29) is 28.4 Å². The Hall–Kier alpha value is -0.840. The third-order valence-electron chi connectivity index (χ3n) is 2.28. The second kappa shape index (κ2) is 4.80. The lowest BCUT2D eigenvalue weighted by Gasteiger charge is -2.17. The molecule has 0 unspecified atom stereocenters. The smallest absolute Gasteiger partial charge is 0.228 e. The van der Waals surface area contributed by atoms with E-state index in [1.807, 2.05) is 0 Å². The first-order chi connectivity index (χ1) is 7.64. The van der Waals surface area contributed by atoms with Gasteiger partial charge in [-0.2, -0.15) is 13.2 Å². The summed E-state index contributed by atoms with van der Waals surface area (Å²) in [6.45, 7) is 6.71. The molecule has 96 valence electrons. The molecule has 1 rings (SSSR count). The highest BCUT2D eigenvalue weighted by atomic mass is 35.5. The number of aromatic nitrogens is 2. The molecule has 1 heterocycles. The van der Waals surface area contributed by atoms with E-state index in [4.69, 9.17) is 11.6 Å². The quantitative estimate of drug-likeness (QED) is 0.742. The van der Waals surface area contributed by atoms with Crippen molar-refractivity contribution in [1.29, 1.82) is 0 Å². The predicted molar refractivity (Wildman–Crippen MR) is 60.2 cm³/mol. The van der Waals surface area contributed by atoms with E-state index >= 15 is 0 Å². The van der Waals surface area contributed by atoms with Crippen molar-refractivity contribution in [2.75, 3.05) is 0 Å². The summed E-state index contributed by atoms with van der Waals surface area (Å²) in [5.74, 6) is -0.457. The van der Waals surface area contributed by atoms with Crippen molar-refractivity contribution in [2.24, 2.45) is 0 Å². The fourth-order valence-corrected chi connectivity index (χ4v) is 1.84. The van der Waals surface area contributed by atoms with E-state index < -0.39 is 11.9 Å². The summed E-state index contributed by atoms with van der Waals surface area (Å²) in [4.78, 5) is 7.53. The molecule has 0 radical (unpaired) electrons. The SMILES string of the molecule is CC(C)c1nc(Cl)c(C(C)C)c(C(F)(F)F)n1. The van der Waals surface area contributed by atoms with E-state index in [1.165, 1.54) is 0 Å². The fourth-order valence-electron chi connectivity index (χ4n) is 1.44. The second-order valence-corrected chi connectivity index (χ2v) is 4.80. The van der Waals surface area contributed by atoms with Crippen LogP contribution in [-0.4, -0.2) is 9.97 Å². The van der Waals surface area contributed by atoms with Crippen molar-refractivity contribution < 1.29 is 13.2 Å². The van der Waals surface area contributed by atoms with Crippen LogP contribution < -0.4 is 0 Å². The summed E-state index contributed by atoms with van der Waals surface area (Å²) in [6, 6.07) is 0. The van der Waals surface area contributed by atoms with Crippen molar-refractivity contribution in [1.82, 2.24) is 9.97 Å². The number of rotatable bonds is 2. The maximum Gasteiger partial charge on any atom is 0.433 e. The Kier molecular flexibility index (Phi) is 4.02. The largest absolute Gasteiger partial charge is 0.433 e. The summed E-state index contributed by atoms with van der Waals surface area (Å²) in [7, 11) is 0. The van der Waals surface area contributed by atoms with Gasteiger partial charge in [-0.25, -0.2) is 9.97 Å². The van der Waals surface area contributed by atoms with Crippen LogP contribution in [0.3, 0.4) is 0 Å². The summed E-state index contributed by atoms with van der Waals surface area (Å²) in [5, 5.41) is -0.106. The zero-order valence-electron chi connectivity index (χ0n) is 10.1. The van der Waals surface area contributed by atoms with Gasteiger partial charge in [0.25, 0.3) is 0 Å². The van der Waals surface area contributed by atoms with Crippen LogP contribution in [0.2, 0.25) is 5.15 Å². The van der Waals surface area contributed by atoms with E-state index in [1.54, 1.807) is 27.7 Å². The molecule has 0 saturated heterocycles. The molecule has 1 aromatic rings. The zero-order chi connectivity index (χ0) is 13.4. The van der Waals surface area contributed by atoms with E-state index in [0.29, 0.717) is 0 Å². The van der Waals surface area contributed by atoms with Gasteiger partial charge in [-0.15, -0.1) is 0 Å². The van der Waals surface area contributed by atoms with Gasteiger partial charge in [-0.05, 0) is 5.92 Å². The number of nitrogens with zero attached hydrogens (tertiary/aromatic N) is 2. The monoisotopic (exact) mass is 266 g/mol. The first-order valence-electron chi connectivity index (χ1n) is 5.29. The van der Waals surface area contributed by atoms with Crippen LogP contribution in [0.5, 0.6) is 0 Å². The summed E-state index contributed by atoms with van der Waals surface area (Å²) in [5.41, 5.74) is -0.959. The van der Waals surface area contributed by atoms with Crippen molar-refractivity contribution in [3.05, 3.63) is 22.2 Å². The summed E-state index contributed by atoms with van der Waals surface area (Å²) >= 11 is 5.83. The highest BCUT2D eigenvalue weighted by Crippen LogP contribution is 2.37. The van der Waals surface area contributed by atoms with Gasteiger partial charge in [0.1, 0.15) is 11.0 Å². The molecule has 0 bridgehead atoms. The standard InChI is InChI=1S/C11H14ClF3N2/c1-5(2)7-8(11(13,14)15)16-10(6(3)4)17-9(7)12/h5-6H,1-4H3. The van der Waals surface area contributed by atoms with E-state index in [9.17, 15) is 13.2 Å². The minimum Gasteiger partial charge on any atom is -0.228 e. The Labute approximate surface area is 103 Å². The molecular formula is C11H14ClF3N2.